The summed E-state index contributed by atoms with van der Waals surface area (Å²) in [6, 6.07) is 0. The average molecular weight is 291 g/mol. The summed E-state index contributed by atoms with van der Waals surface area (Å²) in [5.74, 6) is 0.995. The van der Waals surface area contributed by atoms with Crippen molar-refractivity contribution in [2.24, 2.45) is 4.99 Å². The normalized spacial score (nSPS) is 16.0. The van der Waals surface area contributed by atoms with Gasteiger partial charge in [0.2, 0.25) is 0 Å². The van der Waals surface area contributed by atoms with Gasteiger partial charge in [-0.2, -0.15) is 0 Å². The molecule has 0 saturated heterocycles. The highest BCUT2D eigenvalue weighted by molar-refractivity contribution is 8.13. The SMILES string of the molecule is Cc1c(C)c(C)c(CSC2=NCN(C)CN2)c(C)c1C. The van der Waals surface area contributed by atoms with Crippen molar-refractivity contribution >= 4 is 16.9 Å². The Morgan fingerprint density at radius 3 is 2.05 bits per heavy atom. The van der Waals surface area contributed by atoms with E-state index >= 15 is 0 Å². The van der Waals surface area contributed by atoms with Gasteiger partial charge in [-0.15, -0.1) is 0 Å². The van der Waals surface area contributed by atoms with E-state index in [0.29, 0.717) is 0 Å². The maximum atomic E-state index is 4.54. The zero-order valence-corrected chi connectivity index (χ0v) is 14.2. The number of hydrogen-bond acceptors (Lipinski definition) is 4. The maximum Gasteiger partial charge on any atom is 0.159 e. The Morgan fingerprint density at radius 2 is 1.55 bits per heavy atom. The van der Waals surface area contributed by atoms with Gasteiger partial charge in [-0.3, -0.25) is 4.90 Å². The number of nitrogens with one attached hydrogen (secondary N) is 1. The number of thioether (sulfide) groups is 1. The van der Waals surface area contributed by atoms with E-state index in [4.69, 9.17) is 0 Å². The zero-order valence-electron chi connectivity index (χ0n) is 13.4. The summed E-state index contributed by atoms with van der Waals surface area (Å²) in [7, 11) is 2.07. The van der Waals surface area contributed by atoms with E-state index in [2.05, 4.69) is 56.9 Å². The van der Waals surface area contributed by atoms with Crippen LogP contribution in [0.15, 0.2) is 4.99 Å². The Kier molecular flexibility index (Phi) is 4.76. The van der Waals surface area contributed by atoms with Gasteiger partial charge < -0.3 is 5.32 Å². The van der Waals surface area contributed by atoms with E-state index in [1.807, 2.05) is 11.8 Å². The predicted molar refractivity (Wildman–Crippen MR) is 89.5 cm³/mol. The molecule has 3 nitrogen and oxygen atoms in total. The van der Waals surface area contributed by atoms with Crippen LogP contribution in [0.3, 0.4) is 0 Å². The minimum atomic E-state index is 0.791. The lowest BCUT2D eigenvalue weighted by Crippen LogP contribution is -2.39. The third-order valence-corrected chi connectivity index (χ3v) is 5.44. The molecule has 1 aromatic carbocycles. The number of aliphatic imine (C=N–C) groups is 1. The second-order valence-electron chi connectivity index (χ2n) is 5.69. The van der Waals surface area contributed by atoms with Gasteiger partial charge in [-0.1, -0.05) is 11.8 Å². The van der Waals surface area contributed by atoms with Gasteiger partial charge in [-0.25, -0.2) is 4.99 Å². The van der Waals surface area contributed by atoms with Crippen LogP contribution in [-0.2, 0) is 5.75 Å². The number of nitrogens with zero attached hydrogens (tertiary/aromatic N) is 2. The van der Waals surface area contributed by atoms with E-state index in [0.717, 1.165) is 24.3 Å². The molecule has 1 heterocycles. The monoisotopic (exact) mass is 291 g/mol. The number of benzene rings is 1. The minimum absolute atomic E-state index is 0.791. The molecule has 1 N–H and O–H groups in total. The van der Waals surface area contributed by atoms with Gasteiger partial charge in [0.05, 0.1) is 13.3 Å². The molecule has 110 valence electrons. The third kappa shape index (κ3) is 3.01. The van der Waals surface area contributed by atoms with Gasteiger partial charge in [-0.05, 0) is 75.0 Å². The largest absolute Gasteiger partial charge is 0.352 e. The van der Waals surface area contributed by atoms with Gasteiger partial charge in [0.15, 0.2) is 5.17 Å². The van der Waals surface area contributed by atoms with Crippen LogP contribution in [0.2, 0.25) is 0 Å². The van der Waals surface area contributed by atoms with Crippen molar-refractivity contribution in [1.82, 2.24) is 10.2 Å². The highest BCUT2D eigenvalue weighted by Crippen LogP contribution is 2.29. The molecule has 0 atom stereocenters. The molecule has 0 radical (unpaired) electrons. The second-order valence-corrected chi connectivity index (χ2v) is 6.65. The highest BCUT2D eigenvalue weighted by atomic mass is 32.2. The lowest BCUT2D eigenvalue weighted by Gasteiger charge is -2.23. The number of hydrogen-bond donors (Lipinski definition) is 1. The molecular formula is C16H25N3S. The molecule has 0 aromatic heterocycles. The molecule has 2 rings (SSSR count). The van der Waals surface area contributed by atoms with Crippen LogP contribution in [0.4, 0.5) is 0 Å². The smallest absolute Gasteiger partial charge is 0.159 e. The number of rotatable bonds is 2. The topological polar surface area (TPSA) is 27.6 Å². The fourth-order valence-electron chi connectivity index (χ4n) is 2.52. The van der Waals surface area contributed by atoms with Crippen molar-refractivity contribution in [2.75, 3.05) is 20.4 Å². The summed E-state index contributed by atoms with van der Waals surface area (Å²) in [5, 5.41) is 4.42. The van der Waals surface area contributed by atoms with Gasteiger partial charge >= 0.3 is 0 Å². The van der Waals surface area contributed by atoms with Crippen LogP contribution < -0.4 is 5.32 Å². The quantitative estimate of drug-likeness (QED) is 0.906. The second kappa shape index (κ2) is 6.19. The van der Waals surface area contributed by atoms with Crippen molar-refractivity contribution in [3.05, 3.63) is 33.4 Å². The van der Waals surface area contributed by atoms with Crippen molar-refractivity contribution < 1.29 is 0 Å². The molecular weight excluding hydrogens is 266 g/mol. The molecule has 4 heteroatoms. The minimum Gasteiger partial charge on any atom is -0.352 e. The highest BCUT2D eigenvalue weighted by Gasteiger charge is 2.14. The lowest BCUT2D eigenvalue weighted by molar-refractivity contribution is 0.326. The van der Waals surface area contributed by atoms with E-state index < -0.39 is 0 Å². The predicted octanol–water partition coefficient (Wildman–Crippen LogP) is 3.27. The molecule has 1 aromatic rings. The standard InChI is InChI=1S/C16H25N3S/c1-10-11(2)13(4)15(14(5)12(10)3)7-20-16-17-8-19(6)9-18-16/h7-9H2,1-6H3,(H,17,18). The molecule has 0 aliphatic carbocycles. The van der Waals surface area contributed by atoms with Gasteiger partial charge in [0.25, 0.3) is 0 Å². The molecule has 0 bridgehead atoms. The summed E-state index contributed by atoms with van der Waals surface area (Å²) < 4.78 is 0. The summed E-state index contributed by atoms with van der Waals surface area (Å²) in [5.41, 5.74) is 8.64. The van der Waals surface area contributed by atoms with E-state index in [9.17, 15) is 0 Å². The van der Waals surface area contributed by atoms with Gasteiger partial charge in [0.1, 0.15) is 0 Å². The Morgan fingerprint density at radius 1 is 1.00 bits per heavy atom. The summed E-state index contributed by atoms with van der Waals surface area (Å²) in [4.78, 5) is 6.70. The lowest BCUT2D eigenvalue weighted by atomic mass is 9.90. The first-order chi connectivity index (χ1) is 9.41. The Bertz CT molecular complexity index is 520. The fourth-order valence-corrected chi connectivity index (χ4v) is 3.55. The molecule has 0 spiro atoms. The fraction of sp³-hybridized carbons (Fsp3) is 0.562. The summed E-state index contributed by atoms with van der Waals surface area (Å²) >= 11 is 1.82. The van der Waals surface area contributed by atoms with Crippen LogP contribution in [0, 0.1) is 34.6 Å². The van der Waals surface area contributed by atoms with E-state index in [-0.39, 0.29) is 0 Å². The molecule has 0 saturated carbocycles. The van der Waals surface area contributed by atoms with Gasteiger partial charge in [0, 0.05) is 5.75 Å². The van der Waals surface area contributed by atoms with E-state index in [1.165, 1.54) is 33.4 Å². The summed E-state index contributed by atoms with van der Waals surface area (Å²) in [6.07, 6.45) is 0. The third-order valence-electron chi connectivity index (χ3n) is 4.46. The Hall–Kier alpha value is -1.00. The molecule has 0 fully saturated rings. The average Bonchev–Trinajstić information content (AvgIpc) is 2.45. The first-order valence-electron chi connectivity index (χ1n) is 7.07. The maximum absolute atomic E-state index is 4.54. The van der Waals surface area contributed by atoms with Crippen molar-refractivity contribution in [3.63, 3.8) is 0 Å². The molecule has 0 unspecified atom stereocenters. The van der Waals surface area contributed by atoms with Crippen LogP contribution in [0.25, 0.3) is 0 Å². The van der Waals surface area contributed by atoms with Crippen molar-refractivity contribution in [3.8, 4) is 0 Å². The van der Waals surface area contributed by atoms with E-state index in [1.54, 1.807) is 0 Å². The van der Waals surface area contributed by atoms with Crippen LogP contribution in [0.1, 0.15) is 33.4 Å². The zero-order chi connectivity index (χ0) is 14.9. The van der Waals surface area contributed by atoms with Crippen molar-refractivity contribution in [2.45, 2.75) is 40.4 Å². The Labute approximate surface area is 126 Å². The van der Waals surface area contributed by atoms with Crippen LogP contribution in [-0.4, -0.2) is 30.5 Å². The van der Waals surface area contributed by atoms with Crippen molar-refractivity contribution in [1.29, 1.82) is 0 Å². The molecule has 1 aliphatic rings. The van der Waals surface area contributed by atoms with Crippen LogP contribution >= 0.6 is 11.8 Å². The molecule has 1 aliphatic heterocycles. The molecule has 0 amide bonds. The number of amidine groups is 1. The molecule has 20 heavy (non-hydrogen) atoms. The summed E-state index contributed by atoms with van der Waals surface area (Å²) in [6.45, 7) is 12.9. The Balaban J connectivity index is 2.18. The first kappa shape index (κ1) is 15.4. The van der Waals surface area contributed by atoms with Crippen LogP contribution in [0.5, 0.6) is 0 Å². The first-order valence-corrected chi connectivity index (χ1v) is 8.06.